The van der Waals surface area contributed by atoms with Gasteiger partial charge in [0.2, 0.25) is 10.0 Å². The van der Waals surface area contributed by atoms with Crippen LogP contribution in [0.2, 0.25) is 0 Å². The summed E-state index contributed by atoms with van der Waals surface area (Å²) in [5, 5.41) is 3.19. The fourth-order valence-electron chi connectivity index (χ4n) is 3.51. The molecule has 0 atom stereocenters. The molecule has 1 saturated heterocycles. The second-order valence-corrected chi connectivity index (χ2v) is 9.34. The van der Waals surface area contributed by atoms with E-state index >= 15 is 0 Å². The highest BCUT2D eigenvalue weighted by atomic mass is 32.2. The van der Waals surface area contributed by atoms with Gasteiger partial charge in [-0.05, 0) is 55.8 Å². The van der Waals surface area contributed by atoms with Crippen molar-refractivity contribution in [1.29, 1.82) is 0 Å². The highest BCUT2D eigenvalue weighted by Gasteiger charge is 2.29. The van der Waals surface area contributed by atoms with Gasteiger partial charge in [0.15, 0.2) is 0 Å². The van der Waals surface area contributed by atoms with Gasteiger partial charge in [0.1, 0.15) is 29.5 Å². The van der Waals surface area contributed by atoms with Crippen LogP contribution in [-0.2, 0) is 10.0 Å². The monoisotopic (exact) mass is 454 g/mol. The quantitative estimate of drug-likeness (QED) is 0.582. The Labute approximate surface area is 188 Å². The van der Waals surface area contributed by atoms with Gasteiger partial charge in [0, 0.05) is 38.4 Å². The first-order valence-electron chi connectivity index (χ1n) is 10.5. The topological polar surface area (TPSA) is 101 Å². The van der Waals surface area contributed by atoms with Crippen LogP contribution in [0.5, 0.6) is 5.75 Å². The number of aryl methyl sites for hydroxylation is 1. The van der Waals surface area contributed by atoms with Gasteiger partial charge in [-0.15, -0.1) is 0 Å². The van der Waals surface area contributed by atoms with Crippen molar-refractivity contribution >= 4 is 27.5 Å². The summed E-state index contributed by atoms with van der Waals surface area (Å²) in [5.41, 5.74) is 1.10. The summed E-state index contributed by atoms with van der Waals surface area (Å²) in [4.78, 5) is 15.3. The smallest absolute Gasteiger partial charge is 0.243 e. The number of nitrogens with one attached hydrogen (secondary N) is 1. The van der Waals surface area contributed by atoms with Gasteiger partial charge in [-0.3, -0.25) is 0 Å². The third kappa shape index (κ3) is 4.97. The number of hydrogen-bond acceptors (Lipinski definition) is 8. The van der Waals surface area contributed by atoms with Crippen molar-refractivity contribution in [1.82, 2.24) is 19.3 Å². The van der Waals surface area contributed by atoms with Gasteiger partial charge in [-0.2, -0.15) is 4.31 Å². The number of pyridine rings is 1. The molecule has 10 heteroatoms. The van der Waals surface area contributed by atoms with Crippen LogP contribution in [-0.4, -0.2) is 60.5 Å². The predicted molar refractivity (Wildman–Crippen MR) is 123 cm³/mol. The van der Waals surface area contributed by atoms with Crippen LogP contribution in [0.15, 0.2) is 59.9 Å². The molecule has 1 aliphatic heterocycles. The molecule has 3 aromatic rings. The van der Waals surface area contributed by atoms with Gasteiger partial charge in [-0.25, -0.2) is 23.4 Å². The van der Waals surface area contributed by atoms with Crippen LogP contribution in [0.4, 0.5) is 17.5 Å². The first kappa shape index (κ1) is 22.0. The average Bonchev–Trinajstić information content (AvgIpc) is 2.80. The van der Waals surface area contributed by atoms with E-state index in [0.717, 1.165) is 11.4 Å². The highest BCUT2D eigenvalue weighted by molar-refractivity contribution is 7.89. The van der Waals surface area contributed by atoms with Gasteiger partial charge in [0.05, 0.1) is 11.5 Å². The fraction of sp³-hybridized carbons (Fsp3) is 0.318. The normalized spacial score (nSPS) is 14.9. The van der Waals surface area contributed by atoms with Crippen molar-refractivity contribution in [3.63, 3.8) is 0 Å². The Morgan fingerprint density at radius 3 is 2.38 bits per heavy atom. The maximum absolute atomic E-state index is 13.0. The Hall–Kier alpha value is -3.24. The molecule has 0 bridgehead atoms. The van der Waals surface area contributed by atoms with E-state index in [1.54, 1.807) is 30.5 Å². The van der Waals surface area contributed by atoms with Crippen molar-refractivity contribution in [2.24, 2.45) is 0 Å². The molecule has 0 aliphatic carbocycles. The molecule has 1 aromatic carbocycles. The molecule has 0 spiro atoms. The van der Waals surface area contributed by atoms with Gasteiger partial charge in [0.25, 0.3) is 0 Å². The summed E-state index contributed by atoms with van der Waals surface area (Å²) in [7, 11) is -3.55. The van der Waals surface area contributed by atoms with E-state index in [1.807, 2.05) is 32.0 Å². The van der Waals surface area contributed by atoms with Crippen molar-refractivity contribution in [3.8, 4) is 5.75 Å². The molecule has 168 valence electrons. The third-order valence-electron chi connectivity index (χ3n) is 5.16. The van der Waals surface area contributed by atoms with Crippen LogP contribution in [0.3, 0.4) is 0 Å². The maximum Gasteiger partial charge on any atom is 0.243 e. The van der Waals surface area contributed by atoms with E-state index in [2.05, 4.69) is 25.2 Å². The van der Waals surface area contributed by atoms with E-state index in [-0.39, 0.29) is 4.90 Å². The van der Waals surface area contributed by atoms with Gasteiger partial charge in [-0.1, -0.05) is 0 Å². The highest BCUT2D eigenvalue weighted by Crippen LogP contribution is 2.23. The number of benzene rings is 1. The minimum Gasteiger partial charge on any atom is -0.494 e. The minimum absolute atomic E-state index is 0.272. The van der Waals surface area contributed by atoms with Crippen LogP contribution in [0.1, 0.15) is 12.5 Å². The number of nitrogens with zero attached hydrogens (tertiary/aromatic N) is 5. The van der Waals surface area contributed by atoms with Crippen LogP contribution >= 0.6 is 0 Å². The van der Waals surface area contributed by atoms with Crippen LogP contribution in [0, 0.1) is 6.92 Å². The molecule has 0 saturated carbocycles. The largest absolute Gasteiger partial charge is 0.494 e. The molecule has 9 nitrogen and oxygen atoms in total. The molecule has 0 unspecified atom stereocenters. The van der Waals surface area contributed by atoms with Crippen LogP contribution < -0.4 is 15.0 Å². The molecular weight excluding hydrogens is 428 g/mol. The number of piperazine rings is 1. The summed E-state index contributed by atoms with van der Waals surface area (Å²) < 4.78 is 32.9. The molecule has 1 aliphatic rings. The zero-order valence-electron chi connectivity index (χ0n) is 18.1. The molecular formula is C22H26N6O3S. The Morgan fingerprint density at radius 1 is 0.969 bits per heavy atom. The molecule has 32 heavy (non-hydrogen) atoms. The zero-order chi connectivity index (χ0) is 22.6. The molecule has 3 heterocycles. The first-order chi connectivity index (χ1) is 15.5. The van der Waals surface area contributed by atoms with Crippen molar-refractivity contribution in [2.75, 3.05) is 43.0 Å². The molecule has 0 amide bonds. The molecule has 0 radical (unpaired) electrons. The number of aromatic nitrogens is 3. The number of hydrogen-bond donors (Lipinski definition) is 1. The lowest BCUT2D eigenvalue weighted by molar-refractivity contribution is 0.340. The fourth-order valence-corrected chi connectivity index (χ4v) is 4.93. The van der Waals surface area contributed by atoms with E-state index in [9.17, 15) is 8.42 Å². The Balaban J connectivity index is 1.41. The number of sulfonamides is 1. The Morgan fingerprint density at radius 2 is 1.69 bits per heavy atom. The number of anilines is 3. The molecule has 1 N–H and O–H groups in total. The lowest BCUT2D eigenvalue weighted by Gasteiger charge is -2.34. The van der Waals surface area contributed by atoms with E-state index in [0.29, 0.717) is 50.2 Å². The van der Waals surface area contributed by atoms with Gasteiger partial charge < -0.3 is 15.0 Å². The lowest BCUT2D eigenvalue weighted by Crippen LogP contribution is -2.48. The third-order valence-corrected chi connectivity index (χ3v) is 7.07. The summed E-state index contributed by atoms with van der Waals surface area (Å²) in [6, 6.07) is 12.3. The minimum atomic E-state index is -3.55. The second-order valence-electron chi connectivity index (χ2n) is 7.40. The summed E-state index contributed by atoms with van der Waals surface area (Å²) in [6.07, 6.45) is 3.24. The molecule has 4 rings (SSSR count). The van der Waals surface area contributed by atoms with E-state index in [1.165, 1.54) is 10.6 Å². The number of rotatable bonds is 7. The SMILES string of the molecule is CCOc1ccc(S(=O)(=O)N2CCN(c3cc(Nc4cc(C)ccn4)ncn3)CC2)cc1. The predicted octanol–water partition coefficient (Wildman–Crippen LogP) is 2.83. The summed E-state index contributed by atoms with van der Waals surface area (Å²) in [6.45, 7) is 6.25. The lowest BCUT2D eigenvalue weighted by atomic mass is 10.3. The summed E-state index contributed by atoms with van der Waals surface area (Å²) in [5.74, 6) is 2.75. The van der Waals surface area contributed by atoms with Crippen molar-refractivity contribution in [2.45, 2.75) is 18.7 Å². The maximum atomic E-state index is 13.0. The van der Waals surface area contributed by atoms with E-state index in [4.69, 9.17) is 4.74 Å². The van der Waals surface area contributed by atoms with Crippen molar-refractivity contribution < 1.29 is 13.2 Å². The molecule has 1 fully saturated rings. The van der Waals surface area contributed by atoms with E-state index < -0.39 is 10.0 Å². The first-order valence-corrected chi connectivity index (χ1v) is 11.9. The molecule has 2 aromatic heterocycles. The average molecular weight is 455 g/mol. The summed E-state index contributed by atoms with van der Waals surface area (Å²) >= 11 is 0. The van der Waals surface area contributed by atoms with Crippen LogP contribution in [0.25, 0.3) is 0 Å². The van der Waals surface area contributed by atoms with Gasteiger partial charge >= 0.3 is 0 Å². The Kier molecular flexibility index (Phi) is 6.52. The van der Waals surface area contributed by atoms with Crippen molar-refractivity contribution in [3.05, 3.63) is 60.6 Å². The zero-order valence-corrected chi connectivity index (χ0v) is 18.9. The standard InChI is InChI=1S/C22H26N6O3S/c1-3-31-18-4-6-19(7-5-18)32(29,30)28-12-10-27(11-13-28)22-15-21(24-16-25-22)26-20-14-17(2)8-9-23-20/h4-9,14-16H,3,10-13H2,1-2H3,(H,23,24,25,26). The Bertz CT molecular complexity index is 1160. The second kappa shape index (κ2) is 9.49. The number of ether oxygens (including phenoxy) is 1.